The molecule has 0 aliphatic rings. The maximum Gasteiger partial charge on any atom is 0.294 e. The summed E-state index contributed by atoms with van der Waals surface area (Å²) < 4.78 is 84.9. The number of nitrogens with one attached hydrogen (secondary N) is 1. The van der Waals surface area contributed by atoms with Gasteiger partial charge in [0.15, 0.2) is 9.84 Å². The summed E-state index contributed by atoms with van der Waals surface area (Å²) in [5, 5.41) is 22.4. The van der Waals surface area contributed by atoms with Gasteiger partial charge in [0.1, 0.15) is 11.5 Å². The van der Waals surface area contributed by atoms with Crippen LogP contribution in [0.5, 0.6) is 11.5 Å². The van der Waals surface area contributed by atoms with Crippen LogP contribution in [0.1, 0.15) is 15.9 Å². The molecule has 43 heavy (non-hydrogen) atoms. The Morgan fingerprint density at radius 1 is 0.767 bits per heavy atom. The molecule has 0 saturated carbocycles. The van der Waals surface area contributed by atoms with Crippen molar-refractivity contribution in [2.45, 2.75) is 15.5 Å². The highest BCUT2D eigenvalue weighted by Gasteiger charge is 2.15. The average Bonchev–Trinajstić information content (AvgIpc) is 2.90. The molecule has 0 fully saturated rings. The van der Waals surface area contributed by atoms with Crippen molar-refractivity contribution in [3.05, 3.63) is 83.9 Å². The number of anilines is 2. The van der Waals surface area contributed by atoms with Crippen molar-refractivity contribution in [1.29, 1.82) is 0 Å². The van der Waals surface area contributed by atoms with Gasteiger partial charge < -0.3 is 21.3 Å². The lowest BCUT2D eigenvalue weighted by atomic mass is 10.1. The highest BCUT2D eigenvalue weighted by molar-refractivity contribution is 7.90. The number of phenols is 2. The number of rotatable bonds is 8. The van der Waals surface area contributed by atoms with Crippen LogP contribution in [0.2, 0.25) is 0 Å². The standard InChI is InChI=1S/C20H18ClNO7S2.C6H7NO4S/c21-7-8-30(25,26)12-13-1-3-14(4-2-13)20(24)22-16-6-5-15-9-17(31(27,28)29)11-19(23)18(15)10-16;7-5-2-1-4(3-6(5)8)12(9,10)11/h1-6,9-11,23H,7-8,12H2,(H,22,24)(H,27,28,29);1-3,8H,7H2,(H,9,10,11). The highest BCUT2D eigenvalue weighted by Crippen LogP contribution is 2.31. The third-order valence-corrected chi connectivity index (χ3v) is 9.45. The number of fused-ring (bicyclic) bond motifs is 1. The molecule has 4 rings (SSSR count). The second-order valence-electron chi connectivity index (χ2n) is 8.98. The molecule has 17 heteroatoms. The number of amides is 1. The Morgan fingerprint density at radius 3 is 1.93 bits per heavy atom. The number of nitrogens with two attached hydrogens (primary N) is 1. The molecule has 0 aliphatic carbocycles. The first kappa shape index (κ1) is 33.6. The molecule has 7 N–H and O–H groups in total. The van der Waals surface area contributed by atoms with Crippen molar-refractivity contribution < 1.29 is 49.4 Å². The van der Waals surface area contributed by atoms with Crippen molar-refractivity contribution in [3.63, 3.8) is 0 Å². The van der Waals surface area contributed by atoms with Crippen molar-refractivity contribution in [2.75, 3.05) is 22.7 Å². The van der Waals surface area contributed by atoms with Crippen LogP contribution in [0.25, 0.3) is 10.8 Å². The molecule has 0 radical (unpaired) electrons. The number of aromatic hydroxyl groups is 2. The summed E-state index contributed by atoms with van der Waals surface area (Å²) in [5.74, 6) is -1.48. The van der Waals surface area contributed by atoms with Crippen LogP contribution in [0, 0.1) is 0 Å². The maximum absolute atomic E-state index is 12.5. The van der Waals surface area contributed by atoms with Gasteiger partial charge in [-0.15, -0.1) is 11.6 Å². The second kappa shape index (κ2) is 13.2. The number of hydrogen-bond donors (Lipinski definition) is 6. The minimum atomic E-state index is -4.47. The Balaban J connectivity index is 0.000000353. The Labute approximate surface area is 252 Å². The SMILES string of the molecule is Nc1ccc(S(=O)(=O)O)cc1O.O=C(Nc1ccc2cc(S(=O)(=O)O)cc(O)c2c1)c1ccc(CS(=O)(=O)CCCl)cc1. The normalized spacial score (nSPS) is 11.9. The molecule has 0 spiro atoms. The molecule has 4 aromatic rings. The molecule has 13 nitrogen and oxygen atoms in total. The number of carbonyl (C=O) groups is 1. The maximum atomic E-state index is 12.5. The third-order valence-electron chi connectivity index (χ3n) is 5.75. The number of phenolic OH excluding ortho intramolecular Hbond substituents is 2. The van der Waals surface area contributed by atoms with Gasteiger partial charge in [-0.3, -0.25) is 13.9 Å². The van der Waals surface area contributed by atoms with Crippen LogP contribution in [-0.4, -0.2) is 62.1 Å². The lowest BCUT2D eigenvalue weighted by Crippen LogP contribution is -2.13. The van der Waals surface area contributed by atoms with Crippen LogP contribution < -0.4 is 11.1 Å². The molecule has 4 aromatic carbocycles. The minimum absolute atomic E-state index is 0.0151. The van der Waals surface area contributed by atoms with Gasteiger partial charge in [-0.05, 0) is 53.4 Å². The lowest BCUT2D eigenvalue weighted by molar-refractivity contribution is 0.102. The van der Waals surface area contributed by atoms with Crippen LogP contribution in [0.3, 0.4) is 0 Å². The monoisotopic (exact) mass is 672 g/mol. The Morgan fingerprint density at radius 2 is 1.37 bits per heavy atom. The zero-order valence-corrected chi connectivity index (χ0v) is 25.1. The van der Waals surface area contributed by atoms with Gasteiger partial charge >= 0.3 is 0 Å². The van der Waals surface area contributed by atoms with Gasteiger partial charge in [-0.1, -0.05) is 18.2 Å². The van der Waals surface area contributed by atoms with Crippen molar-refractivity contribution in [1.82, 2.24) is 0 Å². The zero-order valence-electron chi connectivity index (χ0n) is 21.9. The number of alkyl halides is 1. The van der Waals surface area contributed by atoms with E-state index in [1.54, 1.807) is 12.1 Å². The Bertz CT molecular complexity index is 2000. The van der Waals surface area contributed by atoms with E-state index in [0.29, 0.717) is 22.2 Å². The number of nitrogen functional groups attached to an aromatic ring is 1. The summed E-state index contributed by atoms with van der Waals surface area (Å²) in [6, 6.07) is 15.8. The van der Waals surface area contributed by atoms with E-state index in [9.17, 15) is 35.2 Å². The van der Waals surface area contributed by atoms with E-state index in [4.69, 9.17) is 31.5 Å². The quantitative estimate of drug-likeness (QED) is 0.0683. The summed E-state index contributed by atoms with van der Waals surface area (Å²) in [5.41, 5.74) is 6.44. The molecule has 0 bridgehead atoms. The molecule has 0 heterocycles. The van der Waals surface area contributed by atoms with Crippen LogP contribution in [0.4, 0.5) is 11.4 Å². The summed E-state index contributed by atoms with van der Waals surface area (Å²) in [6.07, 6.45) is 0. The van der Waals surface area contributed by atoms with Gasteiger partial charge in [0.2, 0.25) is 0 Å². The molecule has 0 unspecified atom stereocenters. The number of hydrogen-bond acceptors (Lipinski definition) is 10. The number of benzene rings is 4. The molecule has 0 aromatic heterocycles. The van der Waals surface area contributed by atoms with E-state index in [-0.39, 0.29) is 44.9 Å². The van der Waals surface area contributed by atoms with Gasteiger partial charge in [0.05, 0.1) is 27.0 Å². The molecule has 230 valence electrons. The molecule has 1 amide bonds. The van der Waals surface area contributed by atoms with Crippen molar-refractivity contribution in [3.8, 4) is 11.5 Å². The fraction of sp³-hybridized carbons (Fsp3) is 0.115. The topological polar surface area (TPSA) is 238 Å². The predicted octanol–water partition coefficient (Wildman–Crippen LogP) is 3.42. The van der Waals surface area contributed by atoms with E-state index < -0.39 is 40.9 Å². The first-order valence-electron chi connectivity index (χ1n) is 11.9. The summed E-state index contributed by atoms with van der Waals surface area (Å²) in [6.45, 7) is 0. The average molecular weight is 673 g/mol. The number of halogens is 1. The molecule has 0 saturated heterocycles. The van der Waals surface area contributed by atoms with E-state index in [1.807, 2.05) is 0 Å². The van der Waals surface area contributed by atoms with Gasteiger partial charge in [0.25, 0.3) is 26.1 Å². The first-order chi connectivity index (χ1) is 19.9. The van der Waals surface area contributed by atoms with E-state index in [2.05, 4.69) is 5.32 Å². The fourth-order valence-electron chi connectivity index (χ4n) is 3.62. The van der Waals surface area contributed by atoms with Gasteiger partial charge in [-0.25, -0.2) is 8.42 Å². The van der Waals surface area contributed by atoms with E-state index in [1.165, 1.54) is 42.5 Å². The highest BCUT2D eigenvalue weighted by atomic mass is 35.5. The number of carbonyl (C=O) groups excluding carboxylic acids is 1. The molecule has 0 aliphatic heterocycles. The summed E-state index contributed by atoms with van der Waals surface area (Å²) in [4.78, 5) is 11.7. The van der Waals surface area contributed by atoms with Gasteiger partial charge in [0, 0.05) is 34.6 Å². The van der Waals surface area contributed by atoms with Crippen LogP contribution in [-0.2, 0) is 35.8 Å². The first-order valence-corrected chi connectivity index (χ1v) is 17.1. The smallest absolute Gasteiger partial charge is 0.294 e. The van der Waals surface area contributed by atoms with Crippen molar-refractivity contribution in [2.24, 2.45) is 0 Å². The second-order valence-corrected chi connectivity index (χ2v) is 14.4. The molecule has 0 atom stereocenters. The Kier molecular flexibility index (Phi) is 10.3. The fourth-order valence-corrected chi connectivity index (χ4v) is 6.44. The minimum Gasteiger partial charge on any atom is -0.507 e. The Hall–Kier alpha value is -3.93. The van der Waals surface area contributed by atoms with E-state index in [0.717, 1.165) is 18.2 Å². The van der Waals surface area contributed by atoms with Crippen LogP contribution >= 0.6 is 11.6 Å². The number of sulfone groups is 1. The van der Waals surface area contributed by atoms with E-state index >= 15 is 0 Å². The summed E-state index contributed by atoms with van der Waals surface area (Å²) >= 11 is 5.48. The van der Waals surface area contributed by atoms with Crippen molar-refractivity contribution >= 4 is 69.7 Å². The predicted molar refractivity (Wildman–Crippen MR) is 160 cm³/mol. The largest absolute Gasteiger partial charge is 0.507 e. The van der Waals surface area contributed by atoms with Gasteiger partial charge in [-0.2, -0.15) is 16.8 Å². The lowest BCUT2D eigenvalue weighted by Gasteiger charge is -2.09. The third kappa shape index (κ3) is 9.28. The zero-order chi connectivity index (χ0) is 32.2. The summed E-state index contributed by atoms with van der Waals surface area (Å²) in [7, 11) is -12.0. The van der Waals surface area contributed by atoms with Crippen LogP contribution in [0.15, 0.2) is 82.6 Å². The molecular weight excluding hydrogens is 648 g/mol. The molecular formula is C26H25ClN2O11S3.